The minimum absolute atomic E-state index is 0.114. The fourth-order valence-corrected chi connectivity index (χ4v) is 2.97. The Balaban J connectivity index is 1.56. The Hall–Kier alpha value is -4.29. The number of nitrogens with two attached hydrogens (primary N) is 1. The lowest BCUT2D eigenvalue weighted by molar-refractivity contribution is 0.103. The van der Waals surface area contributed by atoms with Crippen molar-refractivity contribution >= 4 is 11.5 Å². The maximum absolute atomic E-state index is 13.1. The van der Waals surface area contributed by atoms with Gasteiger partial charge in [0.15, 0.2) is 5.78 Å². The van der Waals surface area contributed by atoms with Crippen LogP contribution in [-0.2, 0) is 0 Å². The van der Waals surface area contributed by atoms with Crippen molar-refractivity contribution in [3.05, 3.63) is 125 Å². The van der Waals surface area contributed by atoms with E-state index in [1.54, 1.807) is 42.5 Å². The fraction of sp³-hybridized carbons (Fsp3) is 0. The van der Waals surface area contributed by atoms with Crippen LogP contribution in [0.1, 0.15) is 27.0 Å². The van der Waals surface area contributed by atoms with Crippen molar-refractivity contribution in [2.45, 2.75) is 0 Å². The van der Waals surface area contributed by atoms with Gasteiger partial charge in [-0.2, -0.15) is 0 Å². The van der Waals surface area contributed by atoms with Gasteiger partial charge < -0.3 is 10.5 Å². The summed E-state index contributed by atoms with van der Waals surface area (Å²) >= 11 is 0. The Labute approximate surface area is 175 Å². The number of rotatable bonds is 4. The molecule has 0 aromatic heterocycles. The summed E-state index contributed by atoms with van der Waals surface area (Å²) < 4.78 is 5.92. The van der Waals surface area contributed by atoms with E-state index in [1.807, 2.05) is 60.7 Å². The van der Waals surface area contributed by atoms with Crippen LogP contribution in [0, 0.1) is 11.8 Å². The first-order chi connectivity index (χ1) is 14.7. The van der Waals surface area contributed by atoms with Crippen molar-refractivity contribution in [1.29, 1.82) is 0 Å². The van der Waals surface area contributed by atoms with Gasteiger partial charge in [-0.3, -0.25) is 4.79 Å². The lowest BCUT2D eigenvalue weighted by Crippen LogP contribution is -2.03. The topological polar surface area (TPSA) is 52.3 Å². The molecule has 0 atom stereocenters. The van der Waals surface area contributed by atoms with Crippen molar-refractivity contribution in [1.82, 2.24) is 0 Å². The van der Waals surface area contributed by atoms with Crippen LogP contribution in [0.4, 0.5) is 5.69 Å². The summed E-state index contributed by atoms with van der Waals surface area (Å²) in [6.07, 6.45) is 0. The summed E-state index contributed by atoms with van der Waals surface area (Å²) in [5.74, 6) is 7.19. The third-order valence-corrected chi connectivity index (χ3v) is 4.49. The standard InChI is InChI=1S/C27H19NO2/c28-23-9-6-10-24(19-23)30-26-12-5-4-11-25(26)27(29)22-17-15-21(16-18-22)14-13-20-7-2-1-3-8-20/h1-12,15-19H,28H2. The molecular weight excluding hydrogens is 370 g/mol. The monoisotopic (exact) mass is 389 g/mol. The third-order valence-electron chi connectivity index (χ3n) is 4.49. The van der Waals surface area contributed by atoms with E-state index in [2.05, 4.69) is 11.8 Å². The van der Waals surface area contributed by atoms with Gasteiger partial charge in [-0.15, -0.1) is 0 Å². The summed E-state index contributed by atoms with van der Waals surface area (Å²) in [7, 11) is 0. The van der Waals surface area contributed by atoms with Crippen molar-refractivity contribution < 1.29 is 9.53 Å². The highest BCUT2D eigenvalue weighted by Gasteiger charge is 2.15. The van der Waals surface area contributed by atoms with E-state index >= 15 is 0 Å². The highest BCUT2D eigenvalue weighted by atomic mass is 16.5. The number of para-hydroxylation sites is 1. The van der Waals surface area contributed by atoms with Crippen LogP contribution in [0.2, 0.25) is 0 Å². The second-order valence-electron chi connectivity index (χ2n) is 6.69. The molecule has 0 bridgehead atoms. The predicted octanol–water partition coefficient (Wildman–Crippen LogP) is 5.69. The first-order valence-electron chi connectivity index (χ1n) is 9.53. The molecule has 0 fully saturated rings. The van der Waals surface area contributed by atoms with E-state index in [9.17, 15) is 4.79 Å². The molecule has 3 heteroatoms. The SMILES string of the molecule is Nc1cccc(Oc2ccccc2C(=O)c2ccc(C#Cc3ccccc3)cc2)c1. The van der Waals surface area contributed by atoms with Crippen LogP contribution in [0.25, 0.3) is 0 Å². The van der Waals surface area contributed by atoms with E-state index in [0.717, 1.165) is 11.1 Å². The average Bonchev–Trinajstić information content (AvgIpc) is 2.79. The van der Waals surface area contributed by atoms with E-state index in [4.69, 9.17) is 10.5 Å². The van der Waals surface area contributed by atoms with Gasteiger partial charge in [-0.25, -0.2) is 0 Å². The molecule has 0 saturated heterocycles. The number of carbonyl (C=O) groups excluding carboxylic acids is 1. The highest BCUT2D eigenvalue weighted by Crippen LogP contribution is 2.28. The smallest absolute Gasteiger partial charge is 0.196 e. The van der Waals surface area contributed by atoms with Crippen LogP contribution < -0.4 is 10.5 Å². The van der Waals surface area contributed by atoms with Crippen LogP contribution in [0.3, 0.4) is 0 Å². The van der Waals surface area contributed by atoms with Crippen LogP contribution in [-0.4, -0.2) is 5.78 Å². The number of anilines is 1. The quantitative estimate of drug-likeness (QED) is 0.277. The van der Waals surface area contributed by atoms with Gasteiger partial charge in [0.25, 0.3) is 0 Å². The predicted molar refractivity (Wildman–Crippen MR) is 120 cm³/mol. The highest BCUT2D eigenvalue weighted by molar-refractivity contribution is 6.10. The second kappa shape index (κ2) is 8.81. The van der Waals surface area contributed by atoms with E-state index in [0.29, 0.717) is 28.3 Å². The zero-order chi connectivity index (χ0) is 20.8. The first kappa shape index (κ1) is 19.0. The summed E-state index contributed by atoms with van der Waals surface area (Å²) in [5.41, 5.74) is 9.28. The third kappa shape index (κ3) is 4.57. The van der Waals surface area contributed by atoms with E-state index < -0.39 is 0 Å². The van der Waals surface area contributed by atoms with Crippen molar-refractivity contribution in [3.8, 4) is 23.3 Å². The van der Waals surface area contributed by atoms with Gasteiger partial charge >= 0.3 is 0 Å². The maximum Gasteiger partial charge on any atom is 0.196 e. The van der Waals surface area contributed by atoms with Gasteiger partial charge in [0, 0.05) is 28.4 Å². The van der Waals surface area contributed by atoms with E-state index in [1.165, 1.54) is 0 Å². The summed E-state index contributed by atoms with van der Waals surface area (Å²) in [6.45, 7) is 0. The zero-order valence-electron chi connectivity index (χ0n) is 16.2. The average molecular weight is 389 g/mol. The number of ketones is 1. The normalized spacial score (nSPS) is 10.0. The van der Waals surface area contributed by atoms with Crippen molar-refractivity contribution in [2.75, 3.05) is 5.73 Å². The molecule has 3 nitrogen and oxygen atoms in total. The first-order valence-corrected chi connectivity index (χ1v) is 9.53. The van der Waals surface area contributed by atoms with E-state index in [-0.39, 0.29) is 5.78 Å². The Bertz CT molecular complexity index is 1230. The molecule has 0 amide bonds. The molecule has 0 radical (unpaired) electrons. The minimum Gasteiger partial charge on any atom is -0.457 e. The molecule has 0 aliphatic rings. The molecule has 4 aromatic carbocycles. The number of ether oxygens (including phenoxy) is 1. The van der Waals surface area contributed by atoms with Gasteiger partial charge in [0.2, 0.25) is 0 Å². The Morgan fingerprint density at radius 2 is 1.37 bits per heavy atom. The molecule has 0 aliphatic carbocycles. The van der Waals surface area contributed by atoms with Gasteiger partial charge in [-0.1, -0.05) is 48.2 Å². The molecule has 30 heavy (non-hydrogen) atoms. The van der Waals surface area contributed by atoms with Gasteiger partial charge in [0.1, 0.15) is 11.5 Å². The molecule has 0 heterocycles. The molecule has 0 aliphatic heterocycles. The summed E-state index contributed by atoms with van der Waals surface area (Å²) in [6, 6.07) is 31.4. The number of benzene rings is 4. The van der Waals surface area contributed by atoms with Gasteiger partial charge in [-0.05, 0) is 60.7 Å². The molecule has 0 unspecified atom stereocenters. The summed E-state index contributed by atoms with van der Waals surface area (Å²) in [4.78, 5) is 13.1. The Kier molecular flexibility index (Phi) is 5.59. The van der Waals surface area contributed by atoms with Crippen molar-refractivity contribution in [3.63, 3.8) is 0 Å². The zero-order valence-corrected chi connectivity index (χ0v) is 16.2. The maximum atomic E-state index is 13.1. The van der Waals surface area contributed by atoms with Gasteiger partial charge in [0.05, 0.1) is 5.56 Å². The molecule has 4 rings (SSSR count). The molecule has 2 N–H and O–H groups in total. The molecule has 144 valence electrons. The number of carbonyl (C=O) groups is 1. The molecular formula is C27H19NO2. The Morgan fingerprint density at radius 3 is 2.10 bits per heavy atom. The summed E-state index contributed by atoms with van der Waals surface area (Å²) in [5, 5.41) is 0. The van der Waals surface area contributed by atoms with Crippen LogP contribution in [0.5, 0.6) is 11.5 Å². The minimum atomic E-state index is -0.114. The molecule has 0 saturated carbocycles. The molecule has 4 aromatic rings. The van der Waals surface area contributed by atoms with Crippen LogP contribution >= 0.6 is 0 Å². The van der Waals surface area contributed by atoms with Crippen molar-refractivity contribution in [2.24, 2.45) is 0 Å². The largest absolute Gasteiger partial charge is 0.457 e. The number of hydrogen-bond donors (Lipinski definition) is 1. The second-order valence-corrected chi connectivity index (χ2v) is 6.69. The number of hydrogen-bond acceptors (Lipinski definition) is 3. The molecule has 0 spiro atoms. The van der Waals surface area contributed by atoms with Crippen LogP contribution in [0.15, 0.2) is 103 Å². The fourth-order valence-electron chi connectivity index (χ4n) is 2.97. The Morgan fingerprint density at radius 1 is 0.700 bits per heavy atom. The lowest BCUT2D eigenvalue weighted by Gasteiger charge is -2.11. The lowest BCUT2D eigenvalue weighted by atomic mass is 10.0. The number of nitrogen functional groups attached to an aromatic ring is 1.